The molecule has 4 heteroatoms. The minimum absolute atomic E-state index is 0.0197. The van der Waals surface area contributed by atoms with Crippen LogP contribution in [0.5, 0.6) is 0 Å². The van der Waals surface area contributed by atoms with Crippen molar-refractivity contribution in [3.8, 4) is 0 Å². The Morgan fingerprint density at radius 3 is 2.92 bits per heavy atom. The summed E-state index contributed by atoms with van der Waals surface area (Å²) in [6, 6.07) is 0.121. The quantitative estimate of drug-likeness (QED) is 0.631. The zero-order valence-corrected chi connectivity index (χ0v) is 7.04. The molecule has 12 heavy (non-hydrogen) atoms. The Labute approximate surface area is 71.0 Å². The van der Waals surface area contributed by atoms with Gasteiger partial charge < -0.3 is 10.4 Å². The van der Waals surface area contributed by atoms with Crippen LogP contribution in [0.2, 0.25) is 0 Å². The molecule has 0 radical (unpaired) electrons. The second-order valence-corrected chi connectivity index (χ2v) is 3.37. The molecule has 1 amide bonds. The van der Waals surface area contributed by atoms with Crippen molar-refractivity contribution in [3.05, 3.63) is 0 Å². The van der Waals surface area contributed by atoms with Gasteiger partial charge in [0, 0.05) is 18.9 Å². The van der Waals surface area contributed by atoms with E-state index in [1.54, 1.807) is 0 Å². The Hall–Kier alpha value is -1.06. The normalized spacial score (nSPS) is 29.6. The first-order valence-corrected chi connectivity index (χ1v) is 4.09. The van der Waals surface area contributed by atoms with Gasteiger partial charge in [0.05, 0.1) is 0 Å². The average Bonchev–Trinajstić information content (AvgIpc) is 1.81. The van der Waals surface area contributed by atoms with Crippen LogP contribution in [0, 0.1) is 5.92 Å². The van der Waals surface area contributed by atoms with E-state index in [9.17, 15) is 9.59 Å². The molecule has 0 aromatic rings. The van der Waals surface area contributed by atoms with E-state index in [-0.39, 0.29) is 24.3 Å². The minimum Gasteiger partial charge on any atom is -0.481 e. The van der Waals surface area contributed by atoms with Crippen LogP contribution in [0.4, 0.5) is 0 Å². The van der Waals surface area contributed by atoms with Crippen LogP contribution in [-0.4, -0.2) is 23.0 Å². The molecule has 68 valence electrons. The van der Waals surface area contributed by atoms with Gasteiger partial charge in [-0.2, -0.15) is 0 Å². The molecule has 2 atom stereocenters. The average molecular weight is 171 g/mol. The summed E-state index contributed by atoms with van der Waals surface area (Å²) in [5, 5.41) is 11.3. The van der Waals surface area contributed by atoms with Gasteiger partial charge in [-0.1, -0.05) is 0 Å². The number of carbonyl (C=O) groups excluding carboxylic acids is 1. The van der Waals surface area contributed by atoms with E-state index < -0.39 is 5.97 Å². The van der Waals surface area contributed by atoms with E-state index in [1.165, 1.54) is 0 Å². The number of carboxylic acids is 1. The highest BCUT2D eigenvalue weighted by Gasteiger charge is 2.25. The molecule has 0 saturated carbocycles. The zero-order valence-electron chi connectivity index (χ0n) is 7.04. The number of nitrogens with one attached hydrogen (secondary N) is 1. The van der Waals surface area contributed by atoms with Crippen LogP contribution >= 0.6 is 0 Å². The lowest BCUT2D eigenvalue weighted by atomic mass is 9.90. The van der Waals surface area contributed by atoms with Crippen molar-refractivity contribution in [1.29, 1.82) is 0 Å². The maximum absolute atomic E-state index is 11.0. The Balaban J connectivity index is 2.44. The lowest BCUT2D eigenvalue weighted by Crippen LogP contribution is -2.40. The van der Waals surface area contributed by atoms with Crippen molar-refractivity contribution >= 4 is 11.9 Å². The van der Waals surface area contributed by atoms with Crippen molar-refractivity contribution in [1.82, 2.24) is 5.32 Å². The SMILES string of the molecule is CC1CC(CC(=O)O)CC(=O)N1. The molecule has 4 nitrogen and oxygen atoms in total. The number of carboxylic acid groups (broad SMARTS) is 1. The zero-order chi connectivity index (χ0) is 9.14. The standard InChI is InChI=1S/C8H13NO3/c1-5-2-6(4-8(11)12)3-7(10)9-5/h5-6H,2-4H2,1H3,(H,9,10)(H,11,12). The van der Waals surface area contributed by atoms with Gasteiger partial charge in [-0.3, -0.25) is 9.59 Å². The van der Waals surface area contributed by atoms with E-state index in [0.29, 0.717) is 6.42 Å². The topological polar surface area (TPSA) is 66.4 Å². The maximum Gasteiger partial charge on any atom is 0.303 e. The highest BCUT2D eigenvalue weighted by atomic mass is 16.4. The summed E-state index contributed by atoms with van der Waals surface area (Å²) in [5.74, 6) is -0.826. The van der Waals surface area contributed by atoms with Crippen molar-refractivity contribution in [2.75, 3.05) is 0 Å². The number of carbonyl (C=O) groups is 2. The Kier molecular flexibility index (Phi) is 2.68. The van der Waals surface area contributed by atoms with Crippen molar-refractivity contribution in [2.45, 2.75) is 32.2 Å². The predicted molar refractivity (Wildman–Crippen MR) is 42.6 cm³/mol. The van der Waals surface area contributed by atoms with Gasteiger partial charge in [0.2, 0.25) is 5.91 Å². The number of piperidine rings is 1. The molecule has 1 saturated heterocycles. The summed E-state index contributed by atoms with van der Waals surface area (Å²) in [6.45, 7) is 1.89. The number of hydrogen-bond acceptors (Lipinski definition) is 2. The fraction of sp³-hybridized carbons (Fsp3) is 0.750. The smallest absolute Gasteiger partial charge is 0.303 e. The van der Waals surface area contributed by atoms with E-state index in [4.69, 9.17) is 5.11 Å². The molecule has 0 bridgehead atoms. The summed E-state index contributed by atoms with van der Waals surface area (Å²) in [5.41, 5.74) is 0. The van der Waals surface area contributed by atoms with Gasteiger partial charge >= 0.3 is 5.97 Å². The molecule has 2 unspecified atom stereocenters. The summed E-state index contributed by atoms with van der Waals surface area (Å²) in [4.78, 5) is 21.3. The Bertz CT molecular complexity index is 200. The third-order valence-electron chi connectivity index (χ3n) is 2.03. The number of hydrogen-bond donors (Lipinski definition) is 2. The Morgan fingerprint density at radius 2 is 2.42 bits per heavy atom. The van der Waals surface area contributed by atoms with Crippen LogP contribution in [-0.2, 0) is 9.59 Å². The van der Waals surface area contributed by atoms with E-state index >= 15 is 0 Å². The molecule has 1 rings (SSSR count). The molecule has 0 aliphatic carbocycles. The lowest BCUT2D eigenvalue weighted by Gasteiger charge is -2.26. The number of aliphatic carboxylic acids is 1. The van der Waals surface area contributed by atoms with Gasteiger partial charge in [-0.05, 0) is 19.3 Å². The molecule has 1 aliphatic rings. The molecule has 1 aliphatic heterocycles. The van der Waals surface area contributed by atoms with Gasteiger partial charge in [0.15, 0.2) is 0 Å². The van der Waals surface area contributed by atoms with Crippen molar-refractivity contribution < 1.29 is 14.7 Å². The predicted octanol–water partition coefficient (Wildman–Crippen LogP) is 0.376. The van der Waals surface area contributed by atoms with E-state index in [1.807, 2.05) is 6.92 Å². The fourth-order valence-corrected chi connectivity index (χ4v) is 1.64. The second kappa shape index (κ2) is 3.56. The fourth-order valence-electron chi connectivity index (χ4n) is 1.64. The van der Waals surface area contributed by atoms with Crippen molar-refractivity contribution in [3.63, 3.8) is 0 Å². The molecule has 2 N–H and O–H groups in total. The largest absolute Gasteiger partial charge is 0.481 e. The molecule has 1 heterocycles. The Morgan fingerprint density at radius 1 is 1.75 bits per heavy atom. The maximum atomic E-state index is 11.0. The van der Waals surface area contributed by atoms with Crippen molar-refractivity contribution in [2.24, 2.45) is 5.92 Å². The van der Waals surface area contributed by atoms with Crippen LogP contribution in [0.3, 0.4) is 0 Å². The number of rotatable bonds is 2. The van der Waals surface area contributed by atoms with Gasteiger partial charge in [0.1, 0.15) is 0 Å². The minimum atomic E-state index is -0.818. The molecule has 0 aromatic carbocycles. The van der Waals surface area contributed by atoms with Gasteiger partial charge in [0.25, 0.3) is 0 Å². The summed E-state index contributed by atoms with van der Waals surface area (Å²) >= 11 is 0. The van der Waals surface area contributed by atoms with Crippen LogP contribution in [0.1, 0.15) is 26.2 Å². The van der Waals surface area contributed by atoms with Crippen LogP contribution in [0.25, 0.3) is 0 Å². The summed E-state index contributed by atoms with van der Waals surface area (Å²) in [7, 11) is 0. The first-order valence-electron chi connectivity index (χ1n) is 4.09. The van der Waals surface area contributed by atoms with Gasteiger partial charge in [-0.25, -0.2) is 0 Å². The monoisotopic (exact) mass is 171 g/mol. The first-order chi connectivity index (χ1) is 5.58. The third-order valence-corrected chi connectivity index (χ3v) is 2.03. The van der Waals surface area contributed by atoms with E-state index in [2.05, 4.69) is 5.32 Å². The molecular formula is C8H13NO3. The molecular weight excluding hydrogens is 158 g/mol. The molecule has 0 spiro atoms. The highest BCUT2D eigenvalue weighted by molar-refractivity contribution is 5.78. The lowest BCUT2D eigenvalue weighted by molar-refractivity contribution is -0.138. The van der Waals surface area contributed by atoms with E-state index in [0.717, 1.165) is 6.42 Å². The molecule has 0 aromatic heterocycles. The highest BCUT2D eigenvalue weighted by Crippen LogP contribution is 2.19. The second-order valence-electron chi connectivity index (χ2n) is 3.37. The van der Waals surface area contributed by atoms with Crippen LogP contribution < -0.4 is 5.32 Å². The number of amides is 1. The summed E-state index contributed by atoms with van der Waals surface area (Å²) in [6.07, 6.45) is 1.24. The first kappa shape index (κ1) is 9.03. The summed E-state index contributed by atoms with van der Waals surface area (Å²) < 4.78 is 0. The third kappa shape index (κ3) is 2.53. The molecule has 1 fully saturated rings. The van der Waals surface area contributed by atoms with Gasteiger partial charge in [-0.15, -0.1) is 0 Å². The van der Waals surface area contributed by atoms with Crippen LogP contribution in [0.15, 0.2) is 0 Å².